The summed E-state index contributed by atoms with van der Waals surface area (Å²) in [5.74, 6) is 0. The van der Waals surface area contributed by atoms with Gasteiger partial charge in [0.15, 0.2) is 0 Å². The quantitative estimate of drug-likeness (QED) is 0.856. The highest BCUT2D eigenvalue weighted by atomic mass is 15.2. The van der Waals surface area contributed by atoms with Crippen LogP contribution in [0.4, 0.5) is 0 Å². The summed E-state index contributed by atoms with van der Waals surface area (Å²) in [7, 11) is 4.39. The number of likely N-dealkylation sites (N-methyl/N-ethyl adjacent to an activating group) is 1. The molecule has 1 atom stereocenters. The lowest BCUT2D eigenvalue weighted by atomic mass is 10.1. The fourth-order valence-electron chi connectivity index (χ4n) is 3.02. The van der Waals surface area contributed by atoms with Crippen molar-refractivity contribution in [3.05, 3.63) is 35.4 Å². The van der Waals surface area contributed by atoms with E-state index < -0.39 is 0 Å². The van der Waals surface area contributed by atoms with Gasteiger partial charge in [0.25, 0.3) is 0 Å². The SMILES string of the molecule is CN(C)C1CCN(Cc2cccc(CNC3CC3)c2)C1. The van der Waals surface area contributed by atoms with E-state index in [-0.39, 0.29) is 0 Å². The fraction of sp³-hybridized carbons (Fsp3) is 0.647. The van der Waals surface area contributed by atoms with Gasteiger partial charge in [0.1, 0.15) is 0 Å². The number of hydrogen-bond acceptors (Lipinski definition) is 3. The van der Waals surface area contributed by atoms with Crippen LogP contribution in [0.15, 0.2) is 24.3 Å². The van der Waals surface area contributed by atoms with Crippen LogP contribution in [0, 0.1) is 0 Å². The number of rotatable bonds is 6. The zero-order chi connectivity index (χ0) is 13.9. The maximum absolute atomic E-state index is 3.60. The molecule has 1 heterocycles. The van der Waals surface area contributed by atoms with Gasteiger partial charge in [0.05, 0.1) is 0 Å². The van der Waals surface area contributed by atoms with Crippen molar-refractivity contribution in [1.82, 2.24) is 15.1 Å². The van der Waals surface area contributed by atoms with Gasteiger partial charge in [-0.2, -0.15) is 0 Å². The third kappa shape index (κ3) is 3.81. The number of benzene rings is 1. The van der Waals surface area contributed by atoms with Crippen molar-refractivity contribution in [3.63, 3.8) is 0 Å². The van der Waals surface area contributed by atoms with Gasteiger partial charge in [-0.05, 0) is 44.5 Å². The van der Waals surface area contributed by atoms with Gasteiger partial charge in [-0.1, -0.05) is 24.3 Å². The van der Waals surface area contributed by atoms with Crippen molar-refractivity contribution in [2.24, 2.45) is 0 Å². The topological polar surface area (TPSA) is 18.5 Å². The van der Waals surface area contributed by atoms with E-state index in [0.717, 1.165) is 25.2 Å². The summed E-state index contributed by atoms with van der Waals surface area (Å²) in [5.41, 5.74) is 2.89. The summed E-state index contributed by atoms with van der Waals surface area (Å²) in [6.07, 6.45) is 4.02. The molecule has 1 aliphatic carbocycles. The van der Waals surface area contributed by atoms with Crippen LogP contribution in [0.2, 0.25) is 0 Å². The molecule has 1 aliphatic heterocycles. The van der Waals surface area contributed by atoms with Gasteiger partial charge in [-0.15, -0.1) is 0 Å². The highest BCUT2D eigenvalue weighted by molar-refractivity contribution is 5.23. The molecule has 110 valence electrons. The van der Waals surface area contributed by atoms with Crippen molar-refractivity contribution >= 4 is 0 Å². The molecule has 2 aliphatic rings. The number of nitrogens with one attached hydrogen (secondary N) is 1. The van der Waals surface area contributed by atoms with E-state index in [0.29, 0.717) is 0 Å². The molecule has 0 aromatic heterocycles. The van der Waals surface area contributed by atoms with E-state index in [1.807, 2.05) is 0 Å². The third-order valence-corrected chi connectivity index (χ3v) is 4.55. The van der Waals surface area contributed by atoms with Gasteiger partial charge in [-0.25, -0.2) is 0 Å². The second-order valence-electron chi connectivity index (χ2n) is 6.62. The van der Waals surface area contributed by atoms with Crippen LogP contribution in [0.5, 0.6) is 0 Å². The Hall–Kier alpha value is -0.900. The molecule has 0 radical (unpaired) electrons. The maximum atomic E-state index is 3.60. The van der Waals surface area contributed by atoms with Crippen LogP contribution in [0.25, 0.3) is 0 Å². The van der Waals surface area contributed by atoms with Crippen LogP contribution in [-0.2, 0) is 13.1 Å². The van der Waals surface area contributed by atoms with Crippen LogP contribution < -0.4 is 5.32 Å². The number of nitrogens with zero attached hydrogens (tertiary/aromatic N) is 2. The van der Waals surface area contributed by atoms with E-state index in [1.165, 1.54) is 43.5 Å². The summed E-state index contributed by atoms with van der Waals surface area (Å²) < 4.78 is 0. The molecule has 3 nitrogen and oxygen atoms in total. The highest BCUT2D eigenvalue weighted by Crippen LogP contribution is 2.20. The van der Waals surface area contributed by atoms with E-state index in [4.69, 9.17) is 0 Å². The van der Waals surface area contributed by atoms with Crippen molar-refractivity contribution in [2.75, 3.05) is 27.2 Å². The minimum atomic E-state index is 0.731. The van der Waals surface area contributed by atoms with Crippen molar-refractivity contribution < 1.29 is 0 Å². The van der Waals surface area contributed by atoms with E-state index in [2.05, 4.69) is 53.5 Å². The smallest absolute Gasteiger partial charge is 0.0234 e. The molecule has 0 spiro atoms. The summed E-state index contributed by atoms with van der Waals surface area (Å²) in [6.45, 7) is 4.56. The van der Waals surface area contributed by atoms with Crippen molar-refractivity contribution in [2.45, 2.75) is 44.4 Å². The van der Waals surface area contributed by atoms with Gasteiger partial charge in [-0.3, -0.25) is 4.90 Å². The molecular formula is C17H27N3. The second kappa shape index (κ2) is 6.25. The van der Waals surface area contributed by atoms with Crippen molar-refractivity contribution in [1.29, 1.82) is 0 Å². The molecule has 1 unspecified atom stereocenters. The lowest BCUT2D eigenvalue weighted by Gasteiger charge is -2.20. The summed E-state index contributed by atoms with van der Waals surface area (Å²) in [4.78, 5) is 4.94. The average molecular weight is 273 g/mol. The van der Waals surface area contributed by atoms with Crippen LogP contribution >= 0.6 is 0 Å². The lowest BCUT2D eigenvalue weighted by molar-refractivity contribution is 0.264. The van der Waals surface area contributed by atoms with Crippen molar-refractivity contribution in [3.8, 4) is 0 Å². The summed E-state index contributed by atoms with van der Waals surface area (Å²) in [6, 6.07) is 10.6. The standard InChI is InChI=1S/C17H27N3/c1-19(2)17-8-9-20(13-17)12-15-5-3-4-14(10-15)11-18-16-6-7-16/h3-5,10,16-18H,6-9,11-13H2,1-2H3. The molecule has 2 fully saturated rings. The monoisotopic (exact) mass is 273 g/mol. The molecule has 3 heteroatoms. The average Bonchev–Trinajstić information content (AvgIpc) is 3.15. The number of hydrogen-bond donors (Lipinski definition) is 1. The Kier molecular flexibility index (Phi) is 4.39. The second-order valence-corrected chi connectivity index (χ2v) is 6.62. The van der Waals surface area contributed by atoms with Gasteiger partial charge in [0, 0.05) is 38.3 Å². The first kappa shape index (κ1) is 14.1. The number of likely N-dealkylation sites (tertiary alicyclic amines) is 1. The minimum Gasteiger partial charge on any atom is -0.310 e. The molecule has 1 aromatic rings. The van der Waals surface area contributed by atoms with E-state index >= 15 is 0 Å². The molecule has 1 saturated carbocycles. The summed E-state index contributed by atoms with van der Waals surface area (Å²) >= 11 is 0. The third-order valence-electron chi connectivity index (χ3n) is 4.55. The minimum absolute atomic E-state index is 0.731. The van der Waals surface area contributed by atoms with Gasteiger partial charge < -0.3 is 10.2 Å². The predicted octanol–water partition coefficient (Wildman–Crippen LogP) is 2.07. The van der Waals surface area contributed by atoms with Crippen LogP contribution in [0.3, 0.4) is 0 Å². The van der Waals surface area contributed by atoms with Crippen LogP contribution in [-0.4, -0.2) is 49.1 Å². The predicted molar refractivity (Wildman–Crippen MR) is 83.7 cm³/mol. The Balaban J connectivity index is 1.53. The van der Waals surface area contributed by atoms with E-state index in [9.17, 15) is 0 Å². The molecular weight excluding hydrogens is 246 g/mol. The Morgan fingerprint density at radius 1 is 1.20 bits per heavy atom. The maximum Gasteiger partial charge on any atom is 0.0234 e. The fourth-order valence-corrected chi connectivity index (χ4v) is 3.02. The molecule has 1 aromatic carbocycles. The molecule has 20 heavy (non-hydrogen) atoms. The largest absolute Gasteiger partial charge is 0.310 e. The first-order valence-corrected chi connectivity index (χ1v) is 7.91. The normalized spacial score (nSPS) is 23.6. The molecule has 1 N–H and O–H groups in total. The lowest BCUT2D eigenvalue weighted by Crippen LogP contribution is -2.31. The van der Waals surface area contributed by atoms with Crippen LogP contribution in [0.1, 0.15) is 30.4 Å². The van der Waals surface area contributed by atoms with E-state index in [1.54, 1.807) is 0 Å². The van der Waals surface area contributed by atoms with Gasteiger partial charge in [0.2, 0.25) is 0 Å². The Morgan fingerprint density at radius 3 is 2.70 bits per heavy atom. The molecule has 0 amide bonds. The zero-order valence-corrected chi connectivity index (χ0v) is 12.8. The summed E-state index contributed by atoms with van der Waals surface area (Å²) in [5, 5.41) is 3.60. The molecule has 0 bridgehead atoms. The molecule has 1 saturated heterocycles. The van der Waals surface area contributed by atoms with Gasteiger partial charge >= 0.3 is 0 Å². The Bertz CT molecular complexity index is 440. The highest BCUT2D eigenvalue weighted by Gasteiger charge is 2.23. The molecule has 3 rings (SSSR count). The first-order valence-electron chi connectivity index (χ1n) is 7.91. The Morgan fingerprint density at radius 2 is 2.00 bits per heavy atom. The Labute approximate surface area is 123 Å². The zero-order valence-electron chi connectivity index (χ0n) is 12.8. The first-order chi connectivity index (χ1) is 9.70.